The molecule has 0 unspecified atom stereocenters. The number of nitrogens with one attached hydrogen (secondary N) is 2. The summed E-state index contributed by atoms with van der Waals surface area (Å²) in [5, 5.41) is 5.93. The van der Waals surface area contributed by atoms with Crippen LogP contribution in [0.3, 0.4) is 0 Å². The summed E-state index contributed by atoms with van der Waals surface area (Å²) < 4.78 is 16.0. The molecule has 0 aliphatic carbocycles. The minimum absolute atomic E-state index is 0.0645. The van der Waals surface area contributed by atoms with Crippen molar-refractivity contribution in [1.82, 2.24) is 10.6 Å². The van der Waals surface area contributed by atoms with Crippen LogP contribution in [0.2, 0.25) is 0 Å². The highest BCUT2D eigenvalue weighted by atomic mass is 16.5. The van der Waals surface area contributed by atoms with Gasteiger partial charge in [0, 0.05) is 18.5 Å². The van der Waals surface area contributed by atoms with E-state index in [0.29, 0.717) is 36.6 Å². The number of hydrogen-bond acceptors (Lipinski definition) is 5. The minimum atomic E-state index is 0.0645. The number of hydrogen-bond donors (Lipinski definition) is 2. The van der Waals surface area contributed by atoms with E-state index in [1.165, 1.54) is 0 Å². The maximum absolute atomic E-state index is 11.7. The van der Waals surface area contributed by atoms with Crippen molar-refractivity contribution >= 4 is 5.91 Å². The lowest BCUT2D eigenvalue weighted by Crippen LogP contribution is -2.26. The summed E-state index contributed by atoms with van der Waals surface area (Å²) in [6, 6.07) is 3.76. The summed E-state index contributed by atoms with van der Waals surface area (Å²) >= 11 is 0. The van der Waals surface area contributed by atoms with Gasteiger partial charge in [0.2, 0.25) is 11.7 Å². The van der Waals surface area contributed by atoms with E-state index < -0.39 is 0 Å². The molecule has 0 fully saturated rings. The van der Waals surface area contributed by atoms with Crippen LogP contribution in [0.1, 0.15) is 18.4 Å². The summed E-state index contributed by atoms with van der Waals surface area (Å²) in [6.07, 6.45) is 2.03. The van der Waals surface area contributed by atoms with Crippen LogP contribution in [0, 0.1) is 0 Å². The van der Waals surface area contributed by atoms with Crippen LogP contribution in [0.25, 0.3) is 0 Å². The predicted molar refractivity (Wildman–Crippen MR) is 86.0 cm³/mol. The molecule has 0 radical (unpaired) electrons. The molecule has 2 N–H and O–H groups in total. The number of ether oxygens (including phenoxy) is 3. The second-order valence-corrected chi connectivity index (χ2v) is 4.80. The first-order valence-corrected chi connectivity index (χ1v) is 7.37. The van der Waals surface area contributed by atoms with Gasteiger partial charge in [-0.05, 0) is 32.5 Å². The van der Waals surface area contributed by atoms with Gasteiger partial charge < -0.3 is 24.8 Å². The Morgan fingerprint density at radius 3 is 2.36 bits per heavy atom. The lowest BCUT2D eigenvalue weighted by molar-refractivity contribution is -0.121. The van der Waals surface area contributed by atoms with Gasteiger partial charge >= 0.3 is 0 Å². The third-order valence-corrected chi connectivity index (χ3v) is 3.33. The SMILES string of the molecule is CNCCCC(=O)NCCc1ccc(OC)c(OC)c1OC. The molecule has 1 rings (SSSR count). The fourth-order valence-electron chi connectivity index (χ4n) is 2.21. The van der Waals surface area contributed by atoms with Crippen molar-refractivity contribution in [3.63, 3.8) is 0 Å². The van der Waals surface area contributed by atoms with E-state index in [1.807, 2.05) is 19.2 Å². The monoisotopic (exact) mass is 310 g/mol. The third kappa shape index (κ3) is 5.11. The molecule has 0 heterocycles. The minimum Gasteiger partial charge on any atom is -0.493 e. The van der Waals surface area contributed by atoms with Crippen molar-refractivity contribution in [2.45, 2.75) is 19.3 Å². The number of methoxy groups -OCH3 is 3. The zero-order chi connectivity index (χ0) is 16.4. The lowest BCUT2D eigenvalue weighted by atomic mass is 10.1. The van der Waals surface area contributed by atoms with E-state index in [2.05, 4.69) is 10.6 Å². The van der Waals surface area contributed by atoms with Gasteiger partial charge in [-0.3, -0.25) is 4.79 Å². The Morgan fingerprint density at radius 1 is 1.05 bits per heavy atom. The molecule has 6 nitrogen and oxygen atoms in total. The lowest BCUT2D eigenvalue weighted by Gasteiger charge is -2.15. The Bertz CT molecular complexity index is 477. The molecule has 6 heteroatoms. The molecule has 124 valence electrons. The molecule has 0 saturated carbocycles. The van der Waals surface area contributed by atoms with Crippen LogP contribution in [-0.4, -0.2) is 47.4 Å². The number of rotatable bonds is 10. The summed E-state index contributed by atoms with van der Waals surface area (Å²) in [7, 11) is 6.63. The van der Waals surface area contributed by atoms with Crippen LogP contribution in [0.4, 0.5) is 0 Å². The first-order chi connectivity index (χ1) is 10.7. The van der Waals surface area contributed by atoms with Crippen LogP contribution in [0.5, 0.6) is 17.2 Å². The smallest absolute Gasteiger partial charge is 0.220 e. The fraction of sp³-hybridized carbons (Fsp3) is 0.562. The molecule has 1 aromatic rings. The van der Waals surface area contributed by atoms with Crippen LogP contribution in [-0.2, 0) is 11.2 Å². The van der Waals surface area contributed by atoms with Crippen molar-refractivity contribution in [2.24, 2.45) is 0 Å². The van der Waals surface area contributed by atoms with E-state index in [1.54, 1.807) is 21.3 Å². The Balaban J connectivity index is 2.60. The Labute approximate surface area is 132 Å². The molecular formula is C16H26N2O4. The molecule has 1 aromatic carbocycles. The Hall–Kier alpha value is -1.95. The van der Waals surface area contributed by atoms with Crippen molar-refractivity contribution in [3.05, 3.63) is 17.7 Å². The number of carbonyl (C=O) groups is 1. The van der Waals surface area contributed by atoms with Crippen molar-refractivity contribution in [3.8, 4) is 17.2 Å². The molecule has 22 heavy (non-hydrogen) atoms. The summed E-state index contributed by atoms with van der Waals surface area (Å²) in [6.45, 7) is 1.40. The molecule has 0 spiro atoms. The van der Waals surface area contributed by atoms with E-state index >= 15 is 0 Å². The first kappa shape index (κ1) is 18.1. The van der Waals surface area contributed by atoms with Gasteiger partial charge in [-0.25, -0.2) is 0 Å². The standard InChI is InChI=1S/C16H26N2O4/c1-17-10-5-6-14(19)18-11-9-12-7-8-13(20-2)16(22-4)15(12)21-3/h7-8,17H,5-6,9-11H2,1-4H3,(H,18,19). The highest BCUT2D eigenvalue weighted by Gasteiger charge is 2.15. The summed E-state index contributed by atoms with van der Waals surface area (Å²) in [4.78, 5) is 11.7. The highest BCUT2D eigenvalue weighted by Crippen LogP contribution is 2.39. The van der Waals surface area contributed by atoms with Crippen molar-refractivity contribution < 1.29 is 19.0 Å². The molecule has 0 aliphatic rings. The van der Waals surface area contributed by atoms with Crippen LogP contribution in [0.15, 0.2) is 12.1 Å². The Morgan fingerprint density at radius 2 is 1.77 bits per heavy atom. The molecular weight excluding hydrogens is 284 g/mol. The van der Waals surface area contributed by atoms with Crippen molar-refractivity contribution in [2.75, 3.05) is 41.5 Å². The van der Waals surface area contributed by atoms with E-state index in [0.717, 1.165) is 18.5 Å². The fourth-order valence-corrected chi connectivity index (χ4v) is 2.21. The molecule has 0 aliphatic heterocycles. The van der Waals surface area contributed by atoms with Gasteiger partial charge in [-0.15, -0.1) is 0 Å². The van der Waals surface area contributed by atoms with E-state index in [9.17, 15) is 4.79 Å². The van der Waals surface area contributed by atoms with Gasteiger partial charge in [0.25, 0.3) is 0 Å². The van der Waals surface area contributed by atoms with Gasteiger partial charge in [0.05, 0.1) is 21.3 Å². The van der Waals surface area contributed by atoms with Gasteiger partial charge in [-0.2, -0.15) is 0 Å². The normalized spacial score (nSPS) is 10.2. The second kappa shape index (κ2) is 9.89. The predicted octanol–water partition coefficient (Wildman–Crippen LogP) is 1.37. The molecule has 0 atom stereocenters. The average molecular weight is 310 g/mol. The molecule has 0 aromatic heterocycles. The van der Waals surface area contributed by atoms with Gasteiger partial charge in [0.15, 0.2) is 11.5 Å². The van der Waals surface area contributed by atoms with Crippen molar-refractivity contribution in [1.29, 1.82) is 0 Å². The zero-order valence-electron chi connectivity index (χ0n) is 13.8. The van der Waals surface area contributed by atoms with Crippen LogP contribution >= 0.6 is 0 Å². The Kier molecular flexibility index (Phi) is 8.14. The molecule has 0 saturated heterocycles. The summed E-state index contributed by atoms with van der Waals surface area (Å²) in [5.41, 5.74) is 0.968. The number of carbonyl (C=O) groups excluding carboxylic acids is 1. The molecule has 1 amide bonds. The van der Waals surface area contributed by atoms with E-state index in [4.69, 9.17) is 14.2 Å². The topological polar surface area (TPSA) is 68.8 Å². The highest BCUT2D eigenvalue weighted by molar-refractivity contribution is 5.75. The molecule has 0 bridgehead atoms. The van der Waals surface area contributed by atoms with E-state index in [-0.39, 0.29) is 5.91 Å². The van der Waals surface area contributed by atoms with Gasteiger partial charge in [-0.1, -0.05) is 6.07 Å². The zero-order valence-corrected chi connectivity index (χ0v) is 13.8. The third-order valence-electron chi connectivity index (χ3n) is 3.33. The van der Waals surface area contributed by atoms with Crippen LogP contribution < -0.4 is 24.8 Å². The first-order valence-electron chi connectivity index (χ1n) is 7.37. The summed E-state index contributed by atoms with van der Waals surface area (Å²) in [5.74, 6) is 1.91. The maximum Gasteiger partial charge on any atom is 0.220 e. The van der Waals surface area contributed by atoms with Gasteiger partial charge in [0.1, 0.15) is 0 Å². The number of amides is 1. The average Bonchev–Trinajstić information content (AvgIpc) is 2.54. The largest absolute Gasteiger partial charge is 0.493 e. The second-order valence-electron chi connectivity index (χ2n) is 4.80. The quantitative estimate of drug-likeness (QED) is 0.639. The maximum atomic E-state index is 11.7. The number of benzene rings is 1.